The van der Waals surface area contributed by atoms with Crippen LogP contribution in [0.3, 0.4) is 0 Å². The van der Waals surface area contributed by atoms with Crippen molar-refractivity contribution in [2.24, 2.45) is 16.7 Å². The Balaban J connectivity index is 1.18. The number of hydrogen-bond acceptors (Lipinski definition) is 21. The van der Waals surface area contributed by atoms with Crippen LogP contribution in [0.1, 0.15) is 97.8 Å². The topological polar surface area (TPSA) is 310 Å². The van der Waals surface area contributed by atoms with Crippen molar-refractivity contribution in [2.45, 2.75) is 121 Å². The molecule has 3 aliphatic carbocycles. The van der Waals surface area contributed by atoms with Crippen LogP contribution < -0.4 is 10.9 Å². The molecule has 5 aromatic rings. The van der Waals surface area contributed by atoms with Crippen molar-refractivity contribution in [2.75, 3.05) is 20.2 Å². The summed E-state index contributed by atoms with van der Waals surface area (Å²) in [5.74, 6) is -5.74. The number of benzene rings is 4. The molecule has 2 saturated carbocycles. The predicted molar refractivity (Wildman–Crippen MR) is 305 cm³/mol. The monoisotopic (exact) mass is 1250 g/mol. The van der Waals surface area contributed by atoms with Gasteiger partial charge < -0.3 is 63.3 Å². The third-order valence-corrected chi connectivity index (χ3v) is 17.7. The fourth-order valence-electron chi connectivity index (χ4n) is 12.7. The maximum Gasteiger partial charge on any atom is 0.509 e. The SMILES string of the molecule is C#CCN(C)Cc1c(O)c(Br)cc2c(COC(=O)O[C@@H](C(=O)O[C@H]3C[C@@]4(O)[C@@H](OC(=O)c5ccccc5)[C@@H]5[C@]6(OC(C)=O)CO[C@@H]6C[C@H](O)[C@@]5(C)C(=O)[C@H](OC(C)=O)C(=C3C)C4(C)C)[C@@H](NC(=O)c3ccccc3)c3ccc(O)cc3)cc(=O)oc12. The number of carbonyl (C=O) groups excluding carboxylic acids is 7. The lowest BCUT2D eigenvalue weighted by Gasteiger charge is -2.67. The van der Waals surface area contributed by atoms with E-state index in [1.165, 1.54) is 82.3 Å². The van der Waals surface area contributed by atoms with Gasteiger partial charge in [0.05, 0.1) is 46.2 Å². The van der Waals surface area contributed by atoms with Crippen LogP contribution in [0.25, 0.3) is 11.0 Å². The Kier molecular flexibility index (Phi) is 17.5. The van der Waals surface area contributed by atoms with Gasteiger partial charge in [0.25, 0.3) is 5.91 Å². The van der Waals surface area contributed by atoms with Crippen molar-refractivity contribution >= 4 is 68.6 Å². The van der Waals surface area contributed by atoms with Gasteiger partial charge in [-0.25, -0.2) is 19.2 Å². The number of carbonyl (C=O) groups is 7. The normalized spacial score (nSPS) is 26.1. The highest BCUT2D eigenvalue weighted by molar-refractivity contribution is 9.10. The summed E-state index contributed by atoms with van der Waals surface area (Å²) in [5.41, 5.74) is -9.25. The third kappa shape index (κ3) is 11.3. The van der Waals surface area contributed by atoms with Gasteiger partial charge in [-0.15, -0.1) is 6.42 Å². The summed E-state index contributed by atoms with van der Waals surface area (Å²) >= 11 is 3.34. The Morgan fingerprint density at radius 1 is 0.895 bits per heavy atom. The molecule has 2 heterocycles. The molecule has 23 heteroatoms. The van der Waals surface area contributed by atoms with E-state index in [2.05, 4.69) is 27.2 Å². The van der Waals surface area contributed by atoms with Crippen molar-refractivity contribution in [3.05, 3.63) is 151 Å². The summed E-state index contributed by atoms with van der Waals surface area (Å²) in [7, 11) is 1.67. The van der Waals surface area contributed by atoms with Crippen LogP contribution >= 0.6 is 15.9 Å². The van der Waals surface area contributed by atoms with Crippen LogP contribution in [0.2, 0.25) is 0 Å². The van der Waals surface area contributed by atoms with Crippen LogP contribution in [-0.2, 0) is 65.5 Å². The molecule has 1 saturated heterocycles. The first-order valence-corrected chi connectivity index (χ1v) is 28.1. The van der Waals surface area contributed by atoms with Crippen molar-refractivity contribution in [3.63, 3.8) is 0 Å². The maximum atomic E-state index is 15.9. The highest BCUT2D eigenvalue weighted by Gasteiger charge is 2.78. The summed E-state index contributed by atoms with van der Waals surface area (Å²) in [4.78, 5) is 116. The van der Waals surface area contributed by atoms with E-state index in [0.29, 0.717) is 0 Å². The Labute approximate surface area is 501 Å². The Morgan fingerprint density at radius 2 is 1.55 bits per heavy atom. The number of phenols is 2. The first-order valence-electron chi connectivity index (χ1n) is 27.3. The molecule has 11 atom stereocenters. The molecule has 1 aliphatic heterocycles. The minimum Gasteiger partial charge on any atom is -0.508 e. The quantitative estimate of drug-likeness (QED) is 0.0233. The van der Waals surface area contributed by atoms with Crippen molar-refractivity contribution in [1.82, 2.24) is 10.2 Å². The van der Waals surface area contributed by atoms with Gasteiger partial charge in [-0.05, 0) is 96.0 Å². The summed E-state index contributed by atoms with van der Waals surface area (Å²) in [6.45, 7) is 6.95. The van der Waals surface area contributed by atoms with E-state index in [0.717, 1.165) is 19.9 Å². The molecule has 0 spiro atoms. The van der Waals surface area contributed by atoms with E-state index in [9.17, 15) is 49.2 Å². The second kappa shape index (κ2) is 24.2. The molecule has 0 unspecified atom stereocenters. The fraction of sp³-hybridized carbons (Fsp3) is 0.397. The number of rotatable bonds is 16. The number of fused-ring (bicyclic) bond motifs is 6. The summed E-state index contributed by atoms with van der Waals surface area (Å²) in [5, 5.41) is 50.9. The number of amides is 1. The molecular formula is C63H63BrN2O20. The van der Waals surface area contributed by atoms with Gasteiger partial charge in [-0.1, -0.05) is 68.3 Å². The number of esters is 4. The first-order chi connectivity index (χ1) is 40.7. The van der Waals surface area contributed by atoms with Gasteiger partial charge in [-0.2, -0.15) is 0 Å². The average molecular weight is 1250 g/mol. The number of hydrogen-bond donors (Lipinski definition) is 5. The molecule has 5 N–H and O–H groups in total. The Hall–Kier alpha value is -8.40. The molecule has 1 amide bonds. The lowest BCUT2D eigenvalue weighted by Crippen LogP contribution is -2.82. The molecule has 452 valence electrons. The lowest BCUT2D eigenvalue weighted by molar-refractivity contribution is -0.346. The average Bonchev–Trinajstić information content (AvgIpc) is 0.682. The molecule has 2 bridgehead atoms. The second-order valence-corrected chi connectivity index (χ2v) is 23.6. The minimum atomic E-state index is -2.59. The van der Waals surface area contributed by atoms with E-state index in [1.54, 1.807) is 48.3 Å². The van der Waals surface area contributed by atoms with Crippen molar-refractivity contribution < 1.29 is 91.6 Å². The molecule has 9 rings (SSSR count). The van der Waals surface area contributed by atoms with E-state index >= 15 is 9.59 Å². The van der Waals surface area contributed by atoms with Gasteiger partial charge in [0.2, 0.25) is 6.10 Å². The number of Topliss-reactive ketones (excluding diaryl/α,β-unsaturated/α-hetero) is 1. The van der Waals surface area contributed by atoms with E-state index in [-0.39, 0.29) is 85.4 Å². The maximum absolute atomic E-state index is 15.9. The first kappa shape index (κ1) is 62.1. The molecule has 22 nitrogen and oxygen atoms in total. The number of ketones is 1. The molecular weight excluding hydrogens is 1180 g/mol. The Morgan fingerprint density at radius 3 is 2.15 bits per heavy atom. The van der Waals surface area contributed by atoms with Gasteiger partial charge in [0, 0.05) is 61.2 Å². The van der Waals surface area contributed by atoms with E-state index in [4.69, 9.17) is 44.0 Å². The van der Waals surface area contributed by atoms with Crippen LogP contribution in [0, 0.1) is 29.1 Å². The molecule has 1 aromatic heterocycles. The highest BCUT2D eigenvalue weighted by atomic mass is 79.9. The number of aliphatic hydroxyl groups is 2. The second-order valence-electron chi connectivity index (χ2n) is 22.7. The molecule has 86 heavy (non-hydrogen) atoms. The standard InChI is InChI=1S/C63H63BrN2O20/c1-9-24-66(8)29-41-49(72)42(64)26-40-38(25-46(71)83-50(40)41)30-79-59(77)84-52(48(35-20-22-39(69)23-21-35)65-56(74)36-16-12-10-13-17-36)58(76)82-43-28-63(78)55(85-57(75)37-18-14-11-15-19-37)53-61(7,44(70)27-45-62(53,31-80-45)86-34(4)68)54(73)51(81-33(3)67)47(32(43)2)60(63,5)6/h1,10-23,25-26,43-45,48,51-53,55,69-70,72,78H,24,27-31H2,2-8H3,(H,65,74)/t43-,44-,45+,48-,51+,52+,53-,55-,61+,62-,63+/m0/s1. The number of halogens is 1. The van der Waals surface area contributed by atoms with E-state index < -0.39 is 138 Å². The number of ether oxygens (including phenoxy) is 7. The van der Waals surface area contributed by atoms with Crippen LogP contribution in [-0.4, -0.2) is 135 Å². The van der Waals surface area contributed by atoms with E-state index in [1.807, 2.05) is 0 Å². The number of phenolic OH excluding ortho intramolecular Hbond substituents is 2. The number of aromatic hydroxyl groups is 2. The fourth-order valence-corrected chi connectivity index (χ4v) is 13.2. The van der Waals surface area contributed by atoms with Crippen molar-refractivity contribution in [3.8, 4) is 23.8 Å². The van der Waals surface area contributed by atoms with Gasteiger partial charge in [0.1, 0.15) is 53.6 Å². The predicted octanol–water partition coefficient (Wildman–Crippen LogP) is 6.44. The van der Waals surface area contributed by atoms with Crippen LogP contribution in [0.4, 0.5) is 4.79 Å². The molecule has 4 aromatic carbocycles. The van der Waals surface area contributed by atoms with Gasteiger partial charge >= 0.3 is 35.7 Å². The van der Waals surface area contributed by atoms with Crippen molar-refractivity contribution in [1.29, 1.82) is 0 Å². The number of nitrogens with one attached hydrogen (secondary N) is 1. The van der Waals surface area contributed by atoms with Crippen LogP contribution in [0.5, 0.6) is 11.5 Å². The summed E-state index contributed by atoms with van der Waals surface area (Å²) < 4.78 is 48.3. The molecule has 3 fully saturated rings. The summed E-state index contributed by atoms with van der Waals surface area (Å²) in [6.07, 6.45) is -7.87. The smallest absolute Gasteiger partial charge is 0.508 e. The molecule has 0 radical (unpaired) electrons. The number of nitrogens with zero attached hydrogens (tertiary/aromatic N) is 1. The van der Waals surface area contributed by atoms with Crippen LogP contribution in [0.15, 0.2) is 122 Å². The Bertz CT molecular complexity index is 3660. The number of terminal acetylenes is 1. The summed E-state index contributed by atoms with van der Waals surface area (Å²) in [6, 6.07) is 21.2. The highest BCUT2D eigenvalue weighted by Crippen LogP contribution is 2.64. The van der Waals surface area contributed by atoms with Gasteiger partial charge in [0.15, 0.2) is 17.5 Å². The minimum absolute atomic E-state index is 0.0121. The molecule has 4 aliphatic rings. The zero-order chi connectivity index (χ0) is 62.4. The zero-order valence-electron chi connectivity index (χ0n) is 47.8. The number of aliphatic hydroxyl groups excluding tert-OH is 1. The zero-order valence-corrected chi connectivity index (χ0v) is 49.4. The third-order valence-electron chi connectivity index (χ3n) is 17.1. The van der Waals surface area contributed by atoms with Gasteiger partial charge in [-0.3, -0.25) is 24.1 Å². The largest absolute Gasteiger partial charge is 0.509 e. The lowest BCUT2D eigenvalue weighted by atomic mass is 9.44.